The van der Waals surface area contributed by atoms with Gasteiger partial charge in [-0.25, -0.2) is 4.68 Å². The Morgan fingerprint density at radius 3 is 2.31 bits per heavy atom. The lowest BCUT2D eigenvalue weighted by atomic mass is 10.1. The first-order valence-corrected chi connectivity index (χ1v) is 10.4. The molecule has 2 heterocycles. The Kier molecular flexibility index (Phi) is 6.27. The van der Waals surface area contributed by atoms with Crippen LogP contribution in [0.4, 0.5) is 13.2 Å². The quantitative estimate of drug-likeness (QED) is 0.621. The third-order valence-corrected chi connectivity index (χ3v) is 5.52. The lowest BCUT2D eigenvalue weighted by Gasteiger charge is -2.23. The third kappa shape index (κ3) is 4.99. The molecule has 6 nitrogen and oxygen atoms in total. The van der Waals surface area contributed by atoms with E-state index in [2.05, 4.69) is 5.10 Å². The van der Waals surface area contributed by atoms with Gasteiger partial charge in [0.05, 0.1) is 18.5 Å². The van der Waals surface area contributed by atoms with Crippen molar-refractivity contribution in [3.05, 3.63) is 76.2 Å². The van der Waals surface area contributed by atoms with E-state index in [1.54, 1.807) is 24.3 Å². The smallest absolute Gasteiger partial charge is 0.336 e. The van der Waals surface area contributed by atoms with Gasteiger partial charge >= 0.3 is 6.18 Å². The summed E-state index contributed by atoms with van der Waals surface area (Å²) in [6, 6.07) is 16.1. The molecular weight excluding hydrogens is 421 g/mol. The number of nitrogens with zero attached hydrogens (tertiary/aromatic N) is 4. The van der Waals surface area contributed by atoms with E-state index in [0.29, 0.717) is 23.7 Å². The summed E-state index contributed by atoms with van der Waals surface area (Å²) in [6.07, 6.45) is -3.84. The third-order valence-electron chi connectivity index (χ3n) is 5.52. The zero-order chi connectivity index (χ0) is 22.7. The van der Waals surface area contributed by atoms with Gasteiger partial charge in [-0.05, 0) is 18.1 Å². The van der Waals surface area contributed by atoms with Gasteiger partial charge in [-0.1, -0.05) is 48.5 Å². The molecule has 1 aromatic heterocycles. The van der Waals surface area contributed by atoms with Crippen molar-refractivity contribution in [2.75, 3.05) is 32.7 Å². The summed E-state index contributed by atoms with van der Waals surface area (Å²) in [5.74, 6) is -0.378. The summed E-state index contributed by atoms with van der Waals surface area (Å²) in [5, 5.41) is 5.23. The largest absolute Gasteiger partial charge is 0.401 e. The number of rotatable bonds is 4. The van der Waals surface area contributed by atoms with Gasteiger partial charge in [0.1, 0.15) is 0 Å². The normalized spacial score (nSPS) is 15.7. The number of alkyl halides is 3. The Morgan fingerprint density at radius 1 is 0.906 bits per heavy atom. The van der Waals surface area contributed by atoms with Gasteiger partial charge in [-0.2, -0.15) is 18.3 Å². The first kappa shape index (κ1) is 22.0. The zero-order valence-electron chi connectivity index (χ0n) is 17.4. The molecule has 9 heteroatoms. The van der Waals surface area contributed by atoms with Crippen molar-refractivity contribution < 1.29 is 18.0 Å². The van der Waals surface area contributed by atoms with Crippen LogP contribution in [-0.2, 0) is 6.54 Å². The fourth-order valence-corrected chi connectivity index (χ4v) is 3.99. The summed E-state index contributed by atoms with van der Waals surface area (Å²) in [7, 11) is 0. The second kappa shape index (κ2) is 9.12. The van der Waals surface area contributed by atoms with E-state index < -0.39 is 12.7 Å². The topological polar surface area (TPSA) is 58.4 Å². The van der Waals surface area contributed by atoms with Gasteiger partial charge in [-0.3, -0.25) is 14.5 Å². The molecule has 1 saturated heterocycles. The average Bonchev–Trinajstić information content (AvgIpc) is 3.00. The van der Waals surface area contributed by atoms with Crippen LogP contribution in [0.5, 0.6) is 0 Å². The number of aromatic nitrogens is 2. The Hall–Kier alpha value is -3.20. The summed E-state index contributed by atoms with van der Waals surface area (Å²) < 4.78 is 39.6. The van der Waals surface area contributed by atoms with Crippen molar-refractivity contribution in [2.45, 2.75) is 19.1 Å². The fourth-order valence-electron chi connectivity index (χ4n) is 3.99. The van der Waals surface area contributed by atoms with E-state index in [1.807, 2.05) is 30.3 Å². The van der Waals surface area contributed by atoms with E-state index in [-0.39, 0.29) is 43.3 Å². The number of carbonyl (C=O) groups excluding carboxylic acids is 1. The van der Waals surface area contributed by atoms with Crippen molar-refractivity contribution in [3.8, 4) is 0 Å². The summed E-state index contributed by atoms with van der Waals surface area (Å²) >= 11 is 0. The SMILES string of the molecule is O=C(c1nn(Cc2ccccc2)c(=O)c2ccccc12)N1CCCN(CC(F)(F)F)CC1. The van der Waals surface area contributed by atoms with Gasteiger partial charge < -0.3 is 4.90 Å². The molecule has 1 aliphatic heterocycles. The summed E-state index contributed by atoms with van der Waals surface area (Å²) in [5.41, 5.74) is 0.710. The molecule has 3 aromatic rings. The number of amides is 1. The molecule has 0 unspecified atom stereocenters. The molecule has 0 bridgehead atoms. The van der Waals surface area contributed by atoms with Gasteiger partial charge in [-0.15, -0.1) is 0 Å². The molecule has 32 heavy (non-hydrogen) atoms. The molecule has 168 valence electrons. The molecule has 1 fully saturated rings. The molecule has 4 rings (SSSR count). The highest BCUT2D eigenvalue weighted by molar-refractivity contribution is 6.04. The second-order valence-corrected chi connectivity index (χ2v) is 7.88. The minimum Gasteiger partial charge on any atom is -0.336 e. The Balaban J connectivity index is 1.65. The van der Waals surface area contributed by atoms with Crippen LogP contribution in [0.25, 0.3) is 10.8 Å². The zero-order valence-corrected chi connectivity index (χ0v) is 17.4. The second-order valence-electron chi connectivity index (χ2n) is 7.88. The van der Waals surface area contributed by atoms with Crippen molar-refractivity contribution in [3.63, 3.8) is 0 Å². The Labute approximate surface area is 182 Å². The maximum atomic E-state index is 13.4. The summed E-state index contributed by atoms with van der Waals surface area (Å²) in [6.45, 7) is 0.129. The average molecular weight is 444 g/mol. The lowest BCUT2D eigenvalue weighted by Crippen LogP contribution is -2.39. The minimum atomic E-state index is -4.27. The molecule has 0 saturated carbocycles. The standard InChI is InChI=1S/C23H23F3N4O2/c24-23(25,26)16-28-11-6-12-29(14-13-28)22(32)20-18-9-4-5-10-19(18)21(31)30(27-20)15-17-7-2-1-3-8-17/h1-5,7-10H,6,11-16H2. The molecule has 1 amide bonds. The number of halogens is 3. The lowest BCUT2D eigenvalue weighted by molar-refractivity contribution is -0.145. The molecule has 0 spiro atoms. The van der Waals surface area contributed by atoms with Crippen LogP contribution in [0.3, 0.4) is 0 Å². The molecule has 0 aliphatic carbocycles. The Morgan fingerprint density at radius 2 is 1.59 bits per heavy atom. The van der Waals surface area contributed by atoms with E-state index in [9.17, 15) is 22.8 Å². The highest BCUT2D eigenvalue weighted by Gasteiger charge is 2.32. The maximum Gasteiger partial charge on any atom is 0.401 e. The van der Waals surface area contributed by atoms with Gasteiger partial charge in [0.15, 0.2) is 5.69 Å². The Bertz CT molecular complexity index is 1160. The molecule has 2 aromatic carbocycles. The van der Waals surface area contributed by atoms with Crippen LogP contribution in [-0.4, -0.2) is 64.4 Å². The number of carbonyl (C=O) groups is 1. The van der Waals surface area contributed by atoms with Crippen LogP contribution in [0.15, 0.2) is 59.4 Å². The molecule has 0 radical (unpaired) electrons. The van der Waals surface area contributed by atoms with E-state index >= 15 is 0 Å². The molecular formula is C23H23F3N4O2. The number of hydrogen-bond acceptors (Lipinski definition) is 4. The van der Waals surface area contributed by atoms with Crippen LogP contribution in [0.1, 0.15) is 22.5 Å². The fraction of sp³-hybridized carbons (Fsp3) is 0.348. The minimum absolute atomic E-state index is 0.132. The van der Waals surface area contributed by atoms with E-state index in [1.165, 1.54) is 14.5 Å². The number of benzene rings is 2. The van der Waals surface area contributed by atoms with Crippen molar-refractivity contribution >= 4 is 16.7 Å². The summed E-state index contributed by atoms with van der Waals surface area (Å²) in [4.78, 5) is 29.2. The molecule has 0 atom stereocenters. The van der Waals surface area contributed by atoms with E-state index in [4.69, 9.17) is 0 Å². The first-order chi connectivity index (χ1) is 15.3. The van der Waals surface area contributed by atoms with Crippen molar-refractivity contribution in [1.82, 2.24) is 19.6 Å². The van der Waals surface area contributed by atoms with Gasteiger partial charge in [0.25, 0.3) is 11.5 Å². The van der Waals surface area contributed by atoms with Gasteiger partial charge in [0.2, 0.25) is 0 Å². The first-order valence-electron chi connectivity index (χ1n) is 10.4. The predicted molar refractivity (Wildman–Crippen MR) is 115 cm³/mol. The van der Waals surface area contributed by atoms with Crippen molar-refractivity contribution in [1.29, 1.82) is 0 Å². The number of hydrogen-bond donors (Lipinski definition) is 0. The highest BCUT2D eigenvalue weighted by Crippen LogP contribution is 2.20. The van der Waals surface area contributed by atoms with E-state index in [0.717, 1.165) is 5.56 Å². The van der Waals surface area contributed by atoms with Crippen LogP contribution in [0, 0.1) is 0 Å². The molecule has 1 aliphatic rings. The monoisotopic (exact) mass is 444 g/mol. The van der Waals surface area contributed by atoms with Gasteiger partial charge in [0, 0.05) is 31.6 Å². The predicted octanol–water partition coefficient (Wildman–Crippen LogP) is 3.16. The van der Waals surface area contributed by atoms with Crippen LogP contribution >= 0.6 is 0 Å². The van der Waals surface area contributed by atoms with Crippen molar-refractivity contribution in [2.24, 2.45) is 0 Å². The maximum absolute atomic E-state index is 13.4. The highest BCUT2D eigenvalue weighted by atomic mass is 19.4. The van der Waals surface area contributed by atoms with Crippen LogP contribution < -0.4 is 5.56 Å². The molecule has 0 N–H and O–H groups in total. The number of fused-ring (bicyclic) bond motifs is 1. The van der Waals surface area contributed by atoms with Crippen LogP contribution in [0.2, 0.25) is 0 Å².